The fraction of sp³-hybridized carbons (Fsp3) is 0.800. The van der Waals surface area contributed by atoms with Crippen molar-refractivity contribution < 1.29 is 35.3 Å². The van der Waals surface area contributed by atoms with E-state index in [2.05, 4.69) is 4.74 Å². The van der Waals surface area contributed by atoms with Crippen LogP contribution < -0.4 is 0 Å². The van der Waals surface area contributed by atoms with E-state index in [1.807, 2.05) is 0 Å². The summed E-state index contributed by atoms with van der Waals surface area (Å²) in [5.41, 5.74) is 0. The van der Waals surface area contributed by atoms with Gasteiger partial charge < -0.3 is 14.2 Å². The number of methoxy groups -OCH3 is 1. The van der Waals surface area contributed by atoms with Gasteiger partial charge in [-0.2, -0.15) is 6.61 Å². The Hall–Kier alpha value is 0.568. The predicted molar refractivity (Wildman–Crippen MR) is 27.0 cm³/mol. The predicted octanol–water partition coefficient (Wildman–Crippen LogP) is 0.165. The summed E-state index contributed by atoms with van der Waals surface area (Å²) >= 11 is 0. The summed E-state index contributed by atoms with van der Waals surface area (Å²) in [6.45, 7) is 2.71. The molecule has 0 saturated carbocycles. The molecule has 1 aliphatic rings. The van der Waals surface area contributed by atoms with Crippen LogP contribution in [-0.2, 0) is 35.3 Å². The quantitative estimate of drug-likeness (QED) is 0.321. The standard InChI is InChI=1S/C5H9O3.W/c1-6-4-7-2-5-3-8-5;/h3,5H,2,4H2,1H3;/q-1;. The summed E-state index contributed by atoms with van der Waals surface area (Å²) in [4.78, 5) is 0. The number of hydrogen-bond donors (Lipinski definition) is 0. The monoisotopic (exact) mass is 301 g/mol. The van der Waals surface area contributed by atoms with Crippen LogP contribution in [0.25, 0.3) is 0 Å². The average Bonchev–Trinajstić information content (AvgIpc) is 2.51. The van der Waals surface area contributed by atoms with E-state index in [9.17, 15) is 0 Å². The van der Waals surface area contributed by atoms with Crippen molar-refractivity contribution in [1.29, 1.82) is 0 Å². The van der Waals surface area contributed by atoms with Crippen molar-refractivity contribution in [3.63, 3.8) is 0 Å². The first-order chi connectivity index (χ1) is 3.93. The Morgan fingerprint density at radius 3 is 2.78 bits per heavy atom. The Bertz CT molecular complexity index is 65.2. The molecule has 9 heavy (non-hydrogen) atoms. The molecule has 0 spiro atoms. The zero-order valence-electron chi connectivity index (χ0n) is 5.20. The zero-order chi connectivity index (χ0) is 5.82. The Morgan fingerprint density at radius 2 is 2.33 bits per heavy atom. The smallest absolute Gasteiger partial charge is 0.146 e. The molecule has 1 heterocycles. The molecule has 0 bridgehead atoms. The molecule has 1 aliphatic heterocycles. The largest absolute Gasteiger partial charge is 0.568 e. The second-order valence-corrected chi connectivity index (χ2v) is 1.59. The third kappa shape index (κ3) is 5.04. The van der Waals surface area contributed by atoms with Gasteiger partial charge in [0.2, 0.25) is 0 Å². The van der Waals surface area contributed by atoms with Crippen molar-refractivity contribution in [2.75, 3.05) is 20.5 Å². The maximum atomic E-state index is 4.93. The number of hydrogen-bond acceptors (Lipinski definition) is 3. The number of ether oxygens (including phenoxy) is 3. The van der Waals surface area contributed by atoms with Crippen molar-refractivity contribution in [2.45, 2.75) is 6.10 Å². The first-order valence-electron chi connectivity index (χ1n) is 2.49. The minimum Gasteiger partial charge on any atom is -0.568 e. The SMILES string of the molecule is COCOCC1[CH-]O1.[W]. The van der Waals surface area contributed by atoms with Gasteiger partial charge in [0.25, 0.3) is 0 Å². The Balaban J connectivity index is 0.000000640. The summed E-state index contributed by atoms with van der Waals surface area (Å²) in [5, 5.41) is 0. The summed E-state index contributed by atoms with van der Waals surface area (Å²) in [6, 6.07) is 0. The second-order valence-electron chi connectivity index (χ2n) is 1.59. The van der Waals surface area contributed by atoms with Crippen molar-refractivity contribution >= 4 is 0 Å². The molecule has 1 rings (SSSR count). The summed E-state index contributed by atoms with van der Waals surface area (Å²) in [6.07, 6.45) is 0.227. The molecule has 4 heteroatoms. The second kappa shape index (κ2) is 5.36. The number of rotatable bonds is 4. The van der Waals surface area contributed by atoms with E-state index in [0.717, 1.165) is 0 Å². The molecule has 3 nitrogen and oxygen atoms in total. The molecule has 1 saturated heterocycles. The fourth-order valence-corrected chi connectivity index (χ4v) is 0.382. The summed E-state index contributed by atoms with van der Waals surface area (Å²) < 4.78 is 14.3. The Kier molecular flexibility index (Phi) is 5.70. The van der Waals surface area contributed by atoms with Crippen LogP contribution in [0.4, 0.5) is 0 Å². The normalized spacial score (nSPS) is 23.0. The minimum atomic E-state index is 0. The molecule has 54 valence electrons. The van der Waals surface area contributed by atoms with Crippen molar-refractivity contribution in [3.8, 4) is 0 Å². The molecule has 0 aromatic carbocycles. The van der Waals surface area contributed by atoms with Crippen LogP contribution in [0, 0.1) is 6.61 Å². The fourth-order valence-electron chi connectivity index (χ4n) is 0.382. The molecule has 1 unspecified atom stereocenters. The molecule has 1 fully saturated rings. The van der Waals surface area contributed by atoms with Gasteiger partial charge in [0.1, 0.15) is 6.79 Å². The van der Waals surface area contributed by atoms with Gasteiger partial charge in [-0.25, -0.2) is 0 Å². The van der Waals surface area contributed by atoms with Gasteiger partial charge in [-0.05, 0) is 0 Å². The van der Waals surface area contributed by atoms with Gasteiger partial charge in [-0.1, -0.05) is 6.10 Å². The molecule has 0 N–H and O–H groups in total. The van der Waals surface area contributed by atoms with Crippen LogP contribution in [0.3, 0.4) is 0 Å². The van der Waals surface area contributed by atoms with Crippen LogP contribution in [0.1, 0.15) is 0 Å². The van der Waals surface area contributed by atoms with Crippen molar-refractivity contribution in [3.05, 3.63) is 6.61 Å². The molecular formula is C5H9O3W-. The third-order valence-electron chi connectivity index (χ3n) is 0.812. The van der Waals surface area contributed by atoms with E-state index in [-0.39, 0.29) is 27.2 Å². The third-order valence-corrected chi connectivity index (χ3v) is 0.812. The molecular weight excluding hydrogens is 292 g/mol. The van der Waals surface area contributed by atoms with Crippen LogP contribution in [-0.4, -0.2) is 26.6 Å². The van der Waals surface area contributed by atoms with Crippen LogP contribution in [0.15, 0.2) is 0 Å². The Morgan fingerprint density at radius 1 is 1.67 bits per heavy atom. The van der Waals surface area contributed by atoms with E-state index in [0.29, 0.717) is 13.4 Å². The van der Waals surface area contributed by atoms with Gasteiger partial charge in [0.05, 0.1) is 0 Å². The average molecular weight is 301 g/mol. The summed E-state index contributed by atoms with van der Waals surface area (Å²) in [5.74, 6) is 0. The number of epoxide rings is 1. The van der Waals surface area contributed by atoms with E-state index >= 15 is 0 Å². The van der Waals surface area contributed by atoms with Gasteiger partial charge in [0.15, 0.2) is 0 Å². The minimum absolute atomic E-state index is 0. The van der Waals surface area contributed by atoms with Crippen LogP contribution >= 0.6 is 0 Å². The van der Waals surface area contributed by atoms with E-state index in [1.54, 1.807) is 13.7 Å². The van der Waals surface area contributed by atoms with Crippen molar-refractivity contribution in [1.82, 2.24) is 0 Å². The molecule has 0 aliphatic carbocycles. The van der Waals surface area contributed by atoms with Crippen LogP contribution in [0.2, 0.25) is 0 Å². The zero-order valence-corrected chi connectivity index (χ0v) is 8.14. The topological polar surface area (TPSA) is 31.0 Å². The van der Waals surface area contributed by atoms with Gasteiger partial charge >= 0.3 is 0 Å². The van der Waals surface area contributed by atoms with Gasteiger partial charge in [0, 0.05) is 34.8 Å². The maximum Gasteiger partial charge on any atom is 0.146 e. The maximum absolute atomic E-state index is 4.93. The molecule has 0 aromatic heterocycles. The molecule has 1 atom stereocenters. The Labute approximate surface area is 68.9 Å². The van der Waals surface area contributed by atoms with E-state index < -0.39 is 0 Å². The molecule has 0 amide bonds. The van der Waals surface area contributed by atoms with Gasteiger partial charge in [-0.15, -0.1) is 0 Å². The first kappa shape index (κ1) is 9.57. The van der Waals surface area contributed by atoms with E-state index in [1.165, 1.54) is 0 Å². The van der Waals surface area contributed by atoms with Gasteiger partial charge in [-0.3, -0.25) is 0 Å². The van der Waals surface area contributed by atoms with Crippen LogP contribution in [0.5, 0.6) is 0 Å². The van der Waals surface area contributed by atoms with Crippen molar-refractivity contribution in [2.24, 2.45) is 0 Å². The summed E-state index contributed by atoms with van der Waals surface area (Å²) in [7, 11) is 1.59. The molecule has 0 radical (unpaired) electrons. The molecule has 0 aromatic rings. The van der Waals surface area contributed by atoms with E-state index in [4.69, 9.17) is 9.47 Å². The first-order valence-corrected chi connectivity index (χ1v) is 2.49.